The number of nitrogens with zero attached hydrogens (tertiary/aromatic N) is 3. The summed E-state index contributed by atoms with van der Waals surface area (Å²) in [5.74, 6) is 1.16. The second-order valence-corrected chi connectivity index (χ2v) is 8.28. The van der Waals surface area contributed by atoms with Crippen LogP contribution in [0.2, 0.25) is 0 Å². The lowest BCUT2D eigenvalue weighted by molar-refractivity contribution is -0.115. The number of benzene rings is 3. The Morgan fingerprint density at radius 2 is 1.56 bits per heavy atom. The number of para-hydroxylation sites is 3. The molecule has 0 fully saturated rings. The third-order valence-corrected chi connectivity index (χ3v) is 6.24. The molecule has 7 heteroatoms. The smallest absolute Gasteiger partial charge is 0.277 e. The molecule has 0 saturated heterocycles. The van der Waals surface area contributed by atoms with Crippen LogP contribution in [0.3, 0.4) is 0 Å². The van der Waals surface area contributed by atoms with Gasteiger partial charge in [0.05, 0.1) is 29.8 Å². The number of ether oxygens (including phenoxy) is 1. The van der Waals surface area contributed by atoms with E-state index in [4.69, 9.17) is 9.15 Å². The Kier molecular flexibility index (Phi) is 5.64. The van der Waals surface area contributed by atoms with Crippen molar-refractivity contribution in [2.45, 2.75) is 18.1 Å². The minimum Gasteiger partial charge on any atom is -0.496 e. The molecule has 4 aromatic rings. The number of hydrogen-bond acceptors (Lipinski definition) is 6. The van der Waals surface area contributed by atoms with Crippen molar-refractivity contribution in [2.75, 3.05) is 17.8 Å². The van der Waals surface area contributed by atoms with Crippen molar-refractivity contribution in [1.29, 1.82) is 0 Å². The van der Waals surface area contributed by atoms with Crippen LogP contribution < -0.4 is 9.64 Å². The van der Waals surface area contributed by atoms with E-state index in [0.29, 0.717) is 16.9 Å². The Hall–Kier alpha value is -3.58. The molecular formula is C25H21N3O3S. The molecule has 1 aliphatic rings. The lowest BCUT2D eigenvalue weighted by atomic mass is 10.0. The molecule has 0 aliphatic carbocycles. The second kappa shape index (κ2) is 8.88. The van der Waals surface area contributed by atoms with Crippen LogP contribution in [0.5, 0.6) is 5.75 Å². The highest BCUT2D eigenvalue weighted by Gasteiger charge is 2.26. The number of thioether (sulfide) groups is 1. The number of hydrogen-bond donors (Lipinski definition) is 0. The van der Waals surface area contributed by atoms with Gasteiger partial charge in [-0.3, -0.25) is 9.69 Å². The van der Waals surface area contributed by atoms with Crippen LogP contribution in [0.1, 0.15) is 11.1 Å². The van der Waals surface area contributed by atoms with Crippen LogP contribution in [-0.4, -0.2) is 29.0 Å². The minimum absolute atomic E-state index is 0.0335. The summed E-state index contributed by atoms with van der Waals surface area (Å²) in [6.07, 6.45) is 1.80. The molecule has 1 aromatic heterocycles. The molecule has 0 radical (unpaired) electrons. The quantitative estimate of drug-likeness (QED) is 0.390. The summed E-state index contributed by atoms with van der Waals surface area (Å²) in [6, 6.07) is 23.6. The van der Waals surface area contributed by atoms with Crippen molar-refractivity contribution in [2.24, 2.45) is 0 Å². The highest BCUT2D eigenvalue weighted by Crippen LogP contribution is 2.37. The lowest BCUT2D eigenvalue weighted by Gasteiger charge is -2.24. The molecule has 160 valence electrons. The Morgan fingerprint density at radius 1 is 0.938 bits per heavy atom. The van der Waals surface area contributed by atoms with Gasteiger partial charge in [0, 0.05) is 0 Å². The zero-order valence-electron chi connectivity index (χ0n) is 17.5. The molecule has 0 spiro atoms. The van der Waals surface area contributed by atoms with Crippen molar-refractivity contribution in [3.63, 3.8) is 0 Å². The molecule has 0 atom stereocenters. The zero-order chi connectivity index (χ0) is 21.9. The van der Waals surface area contributed by atoms with Crippen LogP contribution in [0.4, 0.5) is 11.4 Å². The summed E-state index contributed by atoms with van der Waals surface area (Å²) in [6.45, 7) is 0. The molecule has 6 nitrogen and oxygen atoms in total. The predicted molar refractivity (Wildman–Crippen MR) is 124 cm³/mol. The van der Waals surface area contributed by atoms with Gasteiger partial charge in [0.25, 0.3) is 11.1 Å². The lowest BCUT2D eigenvalue weighted by Crippen LogP contribution is -2.28. The highest BCUT2D eigenvalue weighted by atomic mass is 32.2. The first kappa shape index (κ1) is 20.3. The van der Waals surface area contributed by atoms with Gasteiger partial charge >= 0.3 is 0 Å². The molecule has 0 unspecified atom stereocenters. The maximum absolute atomic E-state index is 13.4. The number of amides is 1. The highest BCUT2D eigenvalue weighted by molar-refractivity contribution is 7.99. The van der Waals surface area contributed by atoms with E-state index in [1.54, 1.807) is 7.11 Å². The molecule has 0 N–H and O–H groups in total. The Bertz CT molecular complexity index is 1220. The molecular weight excluding hydrogens is 422 g/mol. The number of methoxy groups -OCH3 is 1. The standard InChI is InChI=1S/C25H21N3O3S/c1-30-22-13-7-4-10-19(22)24-26-27-25(31-24)32-16-23(29)28-20-11-5-2-8-17(20)14-15-18-9-3-6-12-21(18)28/h2-13H,14-16H2,1H3. The molecule has 0 bridgehead atoms. The van der Waals surface area contributed by atoms with E-state index in [9.17, 15) is 4.79 Å². The van der Waals surface area contributed by atoms with E-state index in [-0.39, 0.29) is 11.7 Å². The number of carbonyl (C=O) groups is 1. The van der Waals surface area contributed by atoms with Gasteiger partial charge in [0.1, 0.15) is 5.75 Å². The van der Waals surface area contributed by atoms with Crippen molar-refractivity contribution < 1.29 is 13.9 Å². The monoisotopic (exact) mass is 443 g/mol. The number of carbonyl (C=O) groups excluding carboxylic acids is 1. The number of aromatic nitrogens is 2. The molecule has 1 amide bonds. The molecule has 3 aromatic carbocycles. The molecule has 5 rings (SSSR count). The van der Waals surface area contributed by atoms with E-state index < -0.39 is 0 Å². The van der Waals surface area contributed by atoms with E-state index in [1.165, 1.54) is 22.9 Å². The fourth-order valence-electron chi connectivity index (χ4n) is 3.93. The first-order valence-electron chi connectivity index (χ1n) is 10.3. The Balaban J connectivity index is 1.39. The summed E-state index contributed by atoms with van der Waals surface area (Å²) >= 11 is 1.23. The first-order valence-corrected chi connectivity index (χ1v) is 11.3. The third-order valence-electron chi connectivity index (χ3n) is 5.44. The van der Waals surface area contributed by atoms with Gasteiger partial charge in [-0.1, -0.05) is 60.3 Å². The summed E-state index contributed by atoms with van der Waals surface area (Å²) in [4.78, 5) is 15.2. The van der Waals surface area contributed by atoms with Crippen molar-refractivity contribution in [3.05, 3.63) is 83.9 Å². The molecule has 0 saturated carbocycles. The SMILES string of the molecule is COc1ccccc1-c1nnc(SCC(=O)N2c3ccccc3CCc3ccccc32)o1. The van der Waals surface area contributed by atoms with Crippen LogP contribution in [-0.2, 0) is 17.6 Å². The van der Waals surface area contributed by atoms with E-state index in [1.807, 2.05) is 65.6 Å². The maximum atomic E-state index is 13.4. The average Bonchev–Trinajstić information content (AvgIpc) is 3.25. The largest absolute Gasteiger partial charge is 0.496 e. The van der Waals surface area contributed by atoms with Crippen molar-refractivity contribution in [1.82, 2.24) is 10.2 Å². The second-order valence-electron chi connectivity index (χ2n) is 7.35. The third kappa shape index (κ3) is 3.87. The van der Waals surface area contributed by atoms with Crippen LogP contribution in [0.15, 0.2) is 82.4 Å². The van der Waals surface area contributed by atoms with Crippen molar-refractivity contribution in [3.8, 4) is 17.2 Å². The first-order chi connectivity index (χ1) is 15.7. The van der Waals surface area contributed by atoms with E-state index in [2.05, 4.69) is 22.3 Å². The topological polar surface area (TPSA) is 68.5 Å². The number of anilines is 2. The number of fused-ring (bicyclic) bond motifs is 2. The van der Waals surface area contributed by atoms with Gasteiger partial charge < -0.3 is 9.15 Å². The van der Waals surface area contributed by atoms with Gasteiger partial charge in [-0.25, -0.2) is 0 Å². The summed E-state index contributed by atoms with van der Waals surface area (Å²) in [7, 11) is 1.60. The average molecular weight is 444 g/mol. The predicted octanol–water partition coefficient (Wildman–Crippen LogP) is 5.30. The van der Waals surface area contributed by atoms with Gasteiger partial charge in [-0.05, 0) is 48.2 Å². The summed E-state index contributed by atoms with van der Waals surface area (Å²) in [5, 5.41) is 8.59. The normalized spacial score (nSPS) is 12.6. The van der Waals surface area contributed by atoms with E-state index >= 15 is 0 Å². The number of rotatable bonds is 5. The summed E-state index contributed by atoms with van der Waals surface area (Å²) < 4.78 is 11.2. The molecule has 32 heavy (non-hydrogen) atoms. The van der Waals surface area contributed by atoms with E-state index in [0.717, 1.165) is 29.8 Å². The van der Waals surface area contributed by atoms with Gasteiger partial charge in [-0.15, -0.1) is 10.2 Å². The molecule has 2 heterocycles. The van der Waals surface area contributed by atoms with Crippen LogP contribution in [0, 0.1) is 0 Å². The van der Waals surface area contributed by atoms with Crippen LogP contribution in [0.25, 0.3) is 11.5 Å². The minimum atomic E-state index is -0.0335. The fraction of sp³-hybridized carbons (Fsp3) is 0.160. The maximum Gasteiger partial charge on any atom is 0.277 e. The number of aryl methyl sites for hydroxylation is 2. The Morgan fingerprint density at radius 3 is 2.25 bits per heavy atom. The van der Waals surface area contributed by atoms with Crippen LogP contribution >= 0.6 is 11.8 Å². The Labute approximate surface area is 190 Å². The van der Waals surface area contributed by atoms with Gasteiger partial charge in [0.2, 0.25) is 5.91 Å². The zero-order valence-corrected chi connectivity index (χ0v) is 18.3. The van der Waals surface area contributed by atoms with Crippen molar-refractivity contribution >= 4 is 29.0 Å². The molecule has 1 aliphatic heterocycles. The van der Waals surface area contributed by atoms with Gasteiger partial charge in [0.15, 0.2) is 0 Å². The fourth-order valence-corrected chi connectivity index (χ4v) is 4.55. The summed E-state index contributed by atoms with van der Waals surface area (Å²) in [5.41, 5.74) is 4.92. The van der Waals surface area contributed by atoms with Gasteiger partial charge in [-0.2, -0.15) is 0 Å².